The Kier molecular flexibility index (Phi) is 5.49. The summed E-state index contributed by atoms with van der Waals surface area (Å²) < 4.78 is 26.8. The average molecular weight is 236 g/mol. The third-order valence-corrected chi connectivity index (χ3v) is 3.49. The lowest BCUT2D eigenvalue weighted by molar-refractivity contribution is -0.137. The van der Waals surface area contributed by atoms with E-state index < -0.39 is 27.3 Å². The van der Waals surface area contributed by atoms with E-state index in [-0.39, 0.29) is 11.7 Å². The molecule has 0 aromatic heterocycles. The van der Waals surface area contributed by atoms with E-state index in [1.165, 1.54) is 0 Å². The number of carbonyl (C=O) groups excluding carboxylic acids is 2. The Balaban J connectivity index is 4.39. The van der Waals surface area contributed by atoms with Crippen molar-refractivity contribution >= 4 is 21.6 Å². The van der Waals surface area contributed by atoms with E-state index in [1.54, 1.807) is 13.8 Å². The van der Waals surface area contributed by atoms with Crippen molar-refractivity contribution < 1.29 is 22.7 Å². The van der Waals surface area contributed by atoms with E-state index in [0.717, 1.165) is 7.11 Å². The zero-order chi connectivity index (χ0) is 12.1. The molecule has 0 saturated carbocycles. The van der Waals surface area contributed by atoms with E-state index in [0.29, 0.717) is 6.42 Å². The fourth-order valence-electron chi connectivity index (χ4n) is 0.876. The number of ether oxygens (including phenoxy) is 1. The predicted octanol–water partition coefficient (Wildman–Crippen LogP) is 0.189. The molecule has 0 saturated heterocycles. The van der Waals surface area contributed by atoms with Gasteiger partial charge in [-0.25, -0.2) is 8.42 Å². The maximum absolute atomic E-state index is 11.3. The predicted molar refractivity (Wildman–Crippen MR) is 55.1 cm³/mol. The Hall–Kier alpha value is -0.910. The third-order valence-electron chi connectivity index (χ3n) is 2.09. The van der Waals surface area contributed by atoms with Crippen molar-refractivity contribution in [3.8, 4) is 0 Å². The van der Waals surface area contributed by atoms with Crippen LogP contribution in [0.15, 0.2) is 0 Å². The van der Waals surface area contributed by atoms with E-state index in [2.05, 4.69) is 4.74 Å². The minimum Gasteiger partial charge on any atom is -0.468 e. The van der Waals surface area contributed by atoms with Gasteiger partial charge in [-0.2, -0.15) is 0 Å². The molecule has 0 amide bonds. The topological polar surface area (TPSA) is 77.5 Å². The molecule has 1 atom stereocenters. The highest BCUT2D eigenvalue weighted by molar-refractivity contribution is 7.92. The van der Waals surface area contributed by atoms with Gasteiger partial charge < -0.3 is 4.74 Å². The molecule has 0 heterocycles. The number of Topliss-reactive ketones (excluding diaryl/α,β-unsaturated/α-hetero) is 1. The van der Waals surface area contributed by atoms with Crippen LogP contribution in [-0.2, 0) is 24.2 Å². The summed E-state index contributed by atoms with van der Waals surface area (Å²) in [5.74, 6) is -2.81. The first-order valence-electron chi connectivity index (χ1n) is 4.62. The normalized spacial score (nSPS) is 13.3. The molecule has 0 aromatic rings. The summed E-state index contributed by atoms with van der Waals surface area (Å²) in [5.41, 5.74) is 0. The number of methoxy groups -OCH3 is 1. The van der Waals surface area contributed by atoms with E-state index in [4.69, 9.17) is 0 Å². The summed E-state index contributed by atoms with van der Waals surface area (Å²) in [6, 6.07) is 0. The molecular weight excluding hydrogens is 220 g/mol. The number of ketones is 1. The molecule has 0 aliphatic carbocycles. The smallest absolute Gasteiger partial charge is 0.320 e. The molecule has 0 rings (SSSR count). The maximum Gasteiger partial charge on any atom is 0.320 e. The summed E-state index contributed by atoms with van der Waals surface area (Å²) >= 11 is 0. The van der Waals surface area contributed by atoms with Crippen LogP contribution >= 0.6 is 0 Å². The second kappa shape index (κ2) is 5.85. The standard InChI is InChI=1S/C9H16O5S/c1-4-7(2)8(10)5-15(12,13)6-9(11)14-3/h7H,4-6H2,1-3H3. The zero-order valence-corrected chi connectivity index (χ0v) is 9.96. The maximum atomic E-state index is 11.3. The monoisotopic (exact) mass is 236 g/mol. The van der Waals surface area contributed by atoms with Gasteiger partial charge in [0.15, 0.2) is 15.6 Å². The first kappa shape index (κ1) is 14.1. The van der Waals surface area contributed by atoms with Crippen molar-refractivity contribution in [2.24, 2.45) is 5.92 Å². The Morgan fingerprint density at radius 1 is 1.27 bits per heavy atom. The quantitative estimate of drug-likeness (QED) is 0.615. The summed E-state index contributed by atoms with van der Waals surface area (Å²) in [4.78, 5) is 22.1. The highest BCUT2D eigenvalue weighted by atomic mass is 32.2. The number of rotatable bonds is 6. The summed E-state index contributed by atoms with van der Waals surface area (Å²) in [5, 5.41) is 0. The molecule has 0 aliphatic rings. The van der Waals surface area contributed by atoms with Crippen molar-refractivity contribution in [2.45, 2.75) is 20.3 Å². The first-order chi connectivity index (χ1) is 6.82. The van der Waals surface area contributed by atoms with E-state index >= 15 is 0 Å². The van der Waals surface area contributed by atoms with Crippen LogP contribution in [0.1, 0.15) is 20.3 Å². The van der Waals surface area contributed by atoms with Gasteiger partial charge in [0.2, 0.25) is 0 Å². The average Bonchev–Trinajstić information content (AvgIpc) is 2.14. The van der Waals surface area contributed by atoms with E-state index in [9.17, 15) is 18.0 Å². The van der Waals surface area contributed by atoms with Gasteiger partial charge >= 0.3 is 5.97 Å². The SMILES string of the molecule is CCC(C)C(=O)CS(=O)(=O)CC(=O)OC. The molecule has 15 heavy (non-hydrogen) atoms. The van der Waals surface area contributed by atoms with Crippen molar-refractivity contribution in [3.63, 3.8) is 0 Å². The minimum absolute atomic E-state index is 0.294. The fourth-order valence-corrected chi connectivity index (χ4v) is 2.17. The molecule has 0 bridgehead atoms. The molecule has 0 spiro atoms. The molecule has 0 aromatic carbocycles. The molecule has 0 N–H and O–H groups in total. The number of esters is 1. The highest BCUT2D eigenvalue weighted by Crippen LogP contribution is 2.05. The minimum atomic E-state index is -3.67. The molecular formula is C9H16O5S. The van der Waals surface area contributed by atoms with Crippen LogP contribution in [0, 0.1) is 5.92 Å². The largest absolute Gasteiger partial charge is 0.468 e. The Bertz CT molecular complexity index is 330. The molecule has 5 nitrogen and oxygen atoms in total. The van der Waals surface area contributed by atoms with Crippen LogP contribution in [0.3, 0.4) is 0 Å². The molecule has 88 valence electrons. The van der Waals surface area contributed by atoms with Crippen molar-refractivity contribution in [1.29, 1.82) is 0 Å². The second-order valence-electron chi connectivity index (χ2n) is 3.38. The van der Waals surface area contributed by atoms with Crippen LogP contribution in [0.5, 0.6) is 0 Å². The summed E-state index contributed by atoms with van der Waals surface area (Å²) in [6.45, 7) is 3.46. The van der Waals surface area contributed by atoms with Crippen molar-refractivity contribution in [1.82, 2.24) is 0 Å². The molecule has 6 heteroatoms. The molecule has 0 aliphatic heterocycles. The van der Waals surface area contributed by atoms with Crippen LogP contribution < -0.4 is 0 Å². The van der Waals surface area contributed by atoms with Gasteiger partial charge in [0, 0.05) is 5.92 Å². The first-order valence-corrected chi connectivity index (χ1v) is 6.44. The lowest BCUT2D eigenvalue weighted by Gasteiger charge is -2.07. The summed E-state index contributed by atoms with van der Waals surface area (Å²) in [6.07, 6.45) is 0.590. The zero-order valence-electron chi connectivity index (χ0n) is 9.15. The Morgan fingerprint density at radius 2 is 1.80 bits per heavy atom. The highest BCUT2D eigenvalue weighted by Gasteiger charge is 2.23. The van der Waals surface area contributed by atoms with E-state index in [1.807, 2.05) is 0 Å². The van der Waals surface area contributed by atoms with Crippen molar-refractivity contribution in [3.05, 3.63) is 0 Å². The van der Waals surface area contributed by atoms with Gasteiger partial charge in [-0.3, -0.25) is 9.59 Å². The van der Waals surface area contributed by atoms with Gasteiger partial charge in [-0.05, 0) is 6.42 Å². The number of hydrogen-bond acceptors (Lipinski definition) is 5. The Labute approximate surface area is 89.7 Å². The van der Waals surface area contributed by atoms with Crippen LogP contribution in [0.4, 0.5) is 0 Å². The lowest BCUT2D eigenvalue weighted by atomic mass is 10.1. The lowest BCUT2D eigenvalue weighted by Crippen LogP contribution is -2.27. The van der Waals surface area contributed by atoms with Gasteiger partial charge in [-0.15, -0.1) is 0 Å². The van der Waals surface area contributed by atoms with Gasteiger partial charge in [0.1, 0.15) is 11.5 Å². The van der Waals surface area contributed by atoms with Gasteiger partial charge in [0.25, 0.3) is 0 Å². The summed E-state index contributed by atoms with van der Waals surface area (Å²) in [7, 11) is -2.57. The molecule has 0 radical (unpaired) electrons. The van der Waals surface area contributed by atoms with Crippen molar-refractivity contribution in [2.75, 3.05) is 18.6 Å². The second-order valence-corrected chi connectivity index (χ2v) is 5.45. The van der Waals surface area contributed by atoms with Crippen LogP contribution in [-0.4, -0.2) is 38.8 Å². The van der Waals surface area contributed by atoms with Gasteiger partial charge in [-0.1, -0.05) is 13.8 Å². The number of sulfone groups is 1. The number of hydrogen-bond donors (Lipinski definition) is 0. The third kappa shape index (κ3) is 5.51. The number of carbonyl (C=O) groups is 2. The Morgan fingerprint density at radius 3 is 2.20 bits per heavy atom. The van der Waals surface area contributed by atoms with Crippen LogP contribution in [0.2, 0.25) is 0 Å². The molecule has 1 unspecified atom stereocenters. The van der Waals surface area contributed by atoms with Gasteiger partial charge in [0.05, 0.1) is 7.11 Å². The van der Waals surface area contributed by atoms with Crippen LogP contribution in [0.25, 0.3) is 0 Å². The fraction of sp³-hybridized carbons (Fsp3) is 0.778. The molecule has 0 fully saturated rings.